The van der Waals surface area contributed by atoms with E-state index in [9.17, 15) is 5.11 Å². The number of rotatable bonds is 5. The van der Waals surface area contributed by atoms with E-state index in [1.807, 2.05) is 0 Å². The molecule has 1 saturated heterocycles. The molecular formula is C12H22O2. The molecule has 1 aliphatic carbocycles. The lowest BCUT2D eigenvalue weighted by atomic mass is 10.0. The smallest absolute Gasteiger partial charge is 0.0579 e. The second-order valence-corrected chi connectivity index (χ2v) is 4.98. The van der Waals surface area contributed by atoms with Gasteiger partial charge in [0.15, 0.2) is 0 Å². The van der Waals surface area contributed by atoms with Crippen LogP contribution in [-0.4, -0.2) is 23.4 Å². The fourth-order valence-electron chi connectivity index (χ4n) is 2.37. The minimum atomic E-state index is -0.0196. The molecular weight excluding hydrogens is 176 g/mol. The van der Waals surface area contributed by atoms with Crippen LogP contribution in [0.3, 0.4) is 0 Å². The molecule has 0 aromatic rings. The van der Waals surface area contributed by atoms with Crippen LogP contribution >= 0.6 is 0 Å². The third kappa shape index (κ3) is 2.96. The summed E-state index contributed by atoms with van der Waals surface area (Å²) in [6, 6.07) is 0. The highest BCUT2D eigenvalue weighted by molar-refractivity contribution is 4.81. The molecule has 0 amide bonds. The summed E-state index contributed by atoms with van der Waals surface area (Å²) >= 11 is 0. The van der Waals surface area contributed by atoms with E-state index in [1.54, 1.807) is 0 Å². The van der Waals surface area contributed by atoms with Gasteiger partial charge in [0.1, 0.15) is 0 Å². The van der Waals surface area contributed by atoms with Crippen molar-refractivity contribution >= 4 is 0 Å². The highest BCUT2D eigenvalue weighted by atomic mass is 16.5. The Morgan fingerprint density at radius 3 is 2.64 bits per heavy atom. The minimum absolute atomic E-state index is 0.0196. The van der Waals surface area contributed by atoms with Crippen molar-refractivity contribution in [3.8, 4) is 0 Å². The zero-order valence-electron chi connectivity index (χ0n) is 9.11. The van der Waals surface area contributed by atoms with Gasteiger partial charge in [-0.2, -0.15) is 0 Å². The number of ether oxygens (including phenoxy) is 1. The summed E-state index contributed by atoms with van der Waals surface area (Å²) in [5.41, 5.74) is 0. The number of hydrogen-bond acceptors (Lipinski definition) is 2. The van der Waals surface area contributed by atoms with Crippen LogP contribution < -0.4 is 0 Å². The third-order valence-corrected chi connectivity index (χ3v) is 3.51. The highest BCUT2D eigenvalue weighted by Crippen LogP contribution is 2.35. The van der Waals surface area contributed by atoms with E-state index in [0.29, 0.717) is 18.1 Å². The molecule has 1 heterocycles. The molecule has 3 unspecified atom stereocenters. The van der Waals surface area contributed by atoms with Crippen molar-refractivity contribution in [1.82, 2.24) is 0 Å². The van der Waals surface area contributed by atoms with Gasteiger partial charge in [0, 0.05) is 0 Å². The quantitative estimate of drug-likeness (QED) is 0.735. The zero-order chi connectivity index (χ0) is 9.97. The van der Waals surface area contributed by atoms with Crippen LogP contribution in [0.5, 0.6) is 0 Å². The van der Waals surface area contributed by atoms with Gasteiger partial charge in [-0.05, 0) is 57.8 Å². The lowest BCUT2D eigenvalue weighted by Crippen LogP contribution is -2.12. The molecule has 0 bridgehead atoms. The van der Waals surface area contributed by atoms with Gasteiger partial charge in [0.25, 0.3) is 0 Å². The first-order valence-electron chi connectivity index (χ1n) is 6.09. The van der Waals surface area contributed by atoms with E-state index in [4.69, 9.17) is 4.74 Å². The molecule has 3 atom stereocenters. The lowest BCUT2D eigenvalue weighted by Gasteiger charge is -2.12. The molecule has 0 aromatic heterocycles. The first-order valence-corrected chi connectivity index (χ1v) is 6.09. The molecule has 14 heavy (non-hydrogen) atoms. The Morgan fingerprint density at radius 1 is 1.29 bits per heavy atom. The molecule has 1 aliphatic heterocycles. The van der Waals surface area contributed by atoms with Gasteiger partial charge >= 0.3 is 0 Å². The molecule has 2 rings (SSSR count). The maximum atomic E-state index is 9.67. The van der Waals surface area contributed by atoms with E-state index < -0.39 is 0 Å². The van der Waals surface area contributed by atoms with Gasteiger partial charge in [-0.1, -0.05) is 0 Å². The van der Waals surface area contributed by atoms with Crippen LogP contribution in [0.15, 0.2) is 0 Å². The predicted molar refractivity (Wildman–Crippen MR) is 56.2 cm³/mol. The van der Waals surface area contributed by atoms with Crippen molar-refractivity contribution in [3.05, 3.63) is 0 Å². The predicted octanol–water partition coefficient (Wildman–Crippen LogP) is 2.50. The highest BCUT2D eigenvalue weighted by Gasteiger charge is 2.29. The van der Waals surface area contributed by atoms with Crippen molar-refractivity contribution in [2.45, 2.75) is 70.2 Å². The van der Waals surface area contributed by atoms with Gasteiger partial charge in [0.2, 0.25) is 0 Å². The van der Waals surface area contributed by atoms with Crippen LogP contribution in [-0.2, 0) is 4.74 Å². The molecule has 2 aliphatic rings. The Hall–Kier alpha value is -0.0800. The van der Waals surface area contributed by atoms with E-state index in [2.05, 4.69) is 6.92 Å². The van der Waals surface area contributed by atoms with Crippen molar-refractivity contribution < 1.29 is 9.84 Å². The Balaban J connectivity index is 1.54. The van der Waals surface area contributed by atoms with Gasteiger partial charge in [-0.15, -0.1) is 0 Å². The van der Waals surface area contributed by atoms with Crippen LogP contribution in [0.1, 0.15) is 51.9 Å². The molecule has 1 saturated carbocycles. The van der Waals surface area contributed by atoms with E-state index in [-0.39, 0.29) is 6.10 Å². The Labute approximate surface area is 86.6 Å². The van der Waals surface area contributed by atoms with E-state index in [1.165, 1.54) is 25.7 Å². The molecule has 2 fully saturated rings. The average Bonchev–Trinajstić information content (AvgIpc) is 2.92. The molecule has 2 heteroatoms. The summed E-state index contributed by atoms with van der Waals surface area (Å²) in [5, 5.41) is 9.67. The molecule has 82 valence electrons. The SMILES string of the molecule is CC1CCC(CCCC(O)C2CC2)O1. The largest absolute Gasteiger partial charge is 0.393 e. The van der Waals surface area contributed by atoms with Crippen LogP contribution in [0.4, 0.5) is 0 Å². The first-order chi connectivity index (χ1) is 6.75. The Bertz CT molecular complexity index is 177. The normalized spacial score (nSPS) is 34.7. The Morgan fingerprint density at radius 2 is 2.07 bits per heavy atom. The standard InChI is InChI=1S/C12H22O2/c1-9-5-8-11(14-9)3-2-4-12(13)10-6-7-10/h9-13H,2-8H2,1H3. The van der Waals surface area contributed by atoms with E-state index >= 15 is 0 Å². The topological polar surface area (TPSA) is 29.5 Å². The van der Waals surface area contributed by atoms with Gasteiger partial charge in [0.05, 0.1) is 18.3 Å². The third-order valence-electron chi connectivity index (χ3n) is 3.51. The summed E-state index contributed by atoms with van der Waals surface area (Å²) in [4.78, 5) is 0. The van der Waals surface area contributed by atoms with Crippen LogP contribution in [0, 0.1) is 5.92 Å². The summed E-state index contributed by atoms with van der Waals surface area (Å²) in [7, 11) is 0. The Kier molecular flexibility index (Phi) is 3.45. The second kappa shape index (κ2) is 4.63. The fraction of sp³-hybridized carbons (Fsp3) is 1.00. The van der Waals surface area contributed by atoms with Crippen molar-refractivity contribution in [2.24, 2.45) is 5.92 Å². The van der Waals surface area contributed by atoms with Gasteiger partial charge in [-0.3, -0.25) is 0 Å². The summed E-state index contributed by atoms with van der Waals surface area (Å²) < 4.78 is 5.74. The minimum Gasteiger partial charge on any atom is -0.393 e. The fourth-order valence-corrected chi connectivity index (χ4v) is 2.37. The lowest BCUT2D eigenvalue weighted by molar-refractivity contribution is 0.0458. The van der Waals surface area contributed by atoms with Crippen LogP contribution in [0.25, 0.3) is 0 Å². The van der Waals surface area contributed by atoms with Crippen molar-refractivity contribution in [1.29, 1.82) is 0 Å². The molecule has 1 N–H and O–H groups in total. The number of hydrogen-bond donors (Lipinski definition) is 1. The van der Waals surface area contributed by atoms with Crippen molar-refractivity contribution in [2.75, 3.05) is 0 Å². The average molecular weight is 198 g/mol. The van der Waals surface area contributed by atoms with Crippen molar-refractivity contribution in [3.63, 3.8) is 0 Å². The summed E-state index contributed by atoms with van der Waals surface area (Å²) in [6.45, 7) is 2.15. The monoisotopic (exact) mass is 198 g/mol. The number of aliphatic hydroxyl groups is 1. The maximum absolute atomic E-state index is 9.67. The molecule has 2 nitrogen and oxygen atoms in total. The molecule has 0 radical (unpaired) electrons. The molecule has 0 aromatic carbocycles. The van der Waals surface area contributed by atoms with Gasteiger partial charge in [-0.25, -0.2) is 0 Å². The van der Waals surface area contributed by atoms with Crippen LogP contribution in [0.2, 0.25) is 0 Å². The first kappa shape index (κ1) is 10.4. The summed E-state index contributed by atoms with van der Waals surface area (Å²) in [6.07, 6.45) is 9.13. The summed E-state index contributed by atoms with van der Waals surface area (Å²) in [5.74, 6) is 0.637. The van der Waals surface area contributed by atoms with Gasteiger partial charge < -0.3 is 9.84 Å². The maximum Gasteiger partial charge on any atom is 0.0579 e. The number of aliphatic hydroxyl groups excluding tert-OH is 1. The zero-order valence-corrected chi connectivity index (χ0v) is 9.11. The molecule has 0 spiro atoms. The van der Waals surface area contributed by atoms with E-state index in [0.717, 1.165) is 19.3 Å². The second-order valence-electron chi connectivity index (χ2n) is 4.98.